The van der Waals surface area contributed by atoms with E-state index in [1.165, 1.54) is 99.8 Å². The standard InChI is InChI=1S/C54H36/c1-2-12-40-33-42(30-23-35(40)11-1)52-34-41(36-21-26-38(27-22-36)53-48-17-7-3-13-44(48)45-14-4-8-18-49(45)53)31-32-43(52)37-24-28-39(29-25-37)54-50-19-9-5-15-46(50)47-16-6-10-20-51(47)54/h1-34,53-54H. The molecule has 0 saturated heterocycles. The average Bonchev–Trinajstić information content (AvgIpc) is 3.77. The summed E-state index contributed by atoms with van der Waals surface area (Å²) in [4.78, 5) is 0. The Labute approximate surface area is 316 Å². The van der Waals surface area contributed by atoms with E-state index in [0.717, 1.165) is 0 Å². The fraction of sp³-hybridized carbons (Fsp3) is 0.0370. The molecule has 9 aromatic carbocycles. The summed E-state index contributed by atoms with van der Waals surface area (Å²) >= 11 is 0. The molecule has 0 N–H and O–H groups in total. The van der Waals surface area contributed by atoms with Gasteiger partial charge >= 0.3 is 0 Å². The Kier molecular flexibility index (Phi) is 7.10. The molecule has 0 unspecified atom stereocenters. The molecule has 0 bridgehead atoms. The molecule has 0 radical (unpaired) electrons. The van der Waals surface area contributed by atoms with E-state index in [2.05, 4.69) is 206 Å². The molecule has 0 saturated carbocycles. The molecular formula is C54H36. The van der Waals surface area contributed by atoms with Crippen molar-refractivity contribution in [3.63, 3.8) is 0 Å². The molecule has 0 fully saturated rings. The third-order valence-corrected chi connectivity index (χ3v) is 11.9. The summed E-state index contributed by atoms with van der Waals surface area (Å²) in [6, 6.07) is 76.7. The number of fused-ring (bicyclic) bond motifs is 7. The van der Waals surface area contributed by atoms with Gasteiger partial charge in [-0.2, -0.15) is 0 Å². The van der Waals surface area contributed by atoms with Gasteiger partial charge in [0.1, 0.15) is 0 Å². The van der Waals surface area contributed by atoms with E-state index < -0.39 is 0 Å². The summed E-state index contributed by atoms with van der Waals surface area (Å²) < 4.78 is 0. The minimum absolute atomic E-state index is 0.239. The van der Waals surface area contributed by atoms with Gasteiger partial charge in [0.15, 0.2) is 0 Å². The van der Waals surface area contributed by atoms with Gasteiger partial charge in [0.2, 0.25) is 0 Å². The van der Waals surface area contributed by atoms with Crippen molar-refractivity contribution >= 4 is 10.8 Å². The van der Waals surface area contributed by atoms with Crippen LogP contribution < -0.4 is 0 Å². The average molecular weight is 685 g/mol. The summed E-state index contributed by atoms with van der Waals surface area (Å²) in [5.74, 6) is 0.485. The van der Waals surface area contributed by atoms with Crippen LogP contribution in [0.5, 0.6) is 0 Å². The van der Waals surface area contributed by atoms with E-state index in [0.29, 0.717) is 0 Å². The van der Waals surface area contributed by atoms with Gasteiger partial charge in [0, 0.05) is 11.8 Å². The minimum Gasteiger partial charge on any atom is -0.0619 e. The lowest BCUT2D eigenvalue weighted by atomic mass is 9.86. The maximum Gasteiger partial charge on any atom is 0.0352 e. The zero-order valence-corrected chi connectivity index (χ0v) is 29.8. The second-order valence-corrected chi connectivity index (χ2v) is 14.8. The molecule has 0 aromatic heterocycles. The van der Waals surface area contributed by atoms with E-state index in [-0.39, 0.29) is 11.8 Å². The van der Waals surface area contributed by atoms with Crippen LogP contribution in [0.2, 0.25) is 0 Å². The molecule has 9 aromatic rings. The lowest BCUT2D eigenvalue weighted by molar-refractivity contribution is 1.02. The van der Waals surface area contributed by atoms with Crippen molar-refractivity contribution < 1.29 is 0 Å². The van der Waals surface area contributed by atoms with Crippen molar-refractivity contribution in [1.29, 1.82) is 0 Å². The largest absolute Gasteiger partial charge is 0.0619 e. The van der Waals surface area contributed by atoms with Crippen molar-refractivity contribution in [1.82, 2.24) is 0 Å². The van der Waals surface area contributed by atoms with Crippen LogP contribution in [0.1, 0.15) is 45.2 Å². The van der Waals surface area contributed by atoms with Crippen molar-refractivity contribution in [3.8, 4) is 55.6 Å². The first-order chi connectivity index (χ1) is 26.8. The first-order valence-corrected chi connectivity index (χ1v) is 19.0. The topological polar surface area (TPSA) is 0 Å². The van der Waals surface area contributed by atoms with Crippen molar-refractivity contribution in [2.45, 2.75) is 11.8 Å². The van der Waals surface area contributed by atoms with Gasteiger partial charge in [0.05, 0.1) is 0 Å². The molecule has 0 aliphatic heterocycles. The molecule has 0 heterocycles. The molecule has 252 valence electrons. The Morgan fingerprint density at radius 3 is 1.15 bits per heavy atom. The summed E-state index contributed by atoms with van der Waals surface area (Å²) in [5, 5.41) is 2.51. The van der Waals surface area contributed by atoms with Crippen LogP contribution in [-0.4, -0.2) is 0 Å². The third kappa shape index (κ3) is 4.91. The van der Waals surface area contributed by atoms with Gasteiger partial charge in [-0.1, -0.05) is 194 Å². The normalized spacial score (nSPS) is 13.0. The molecule has 0 amide bonds. The molecule has 2 aliphatic carbocycles. The fourth-order valence-electron chi connectivity index (χ4n) is 9.32. The Morgan fingerprint density at radius 1 is 0.222 bits per heavy atom. The fourth-order valence-corrected chi connectivity index (χ4v) is 9.32. The maximum absolute atomic E-state index is 2.39. The van der Waals surface area contributed by atoms with Crippen molar-refractivity contribution in [2.75, 3.05) is 0 Å². The molecule has 0 nitrogen and oxygen atoms in total. The highest BCUT2D eigenvalue weighted by Crippen LogP contribution is 2.49. The molecule has 0 heteroatoms. The first-order valence-electron chi connectivity index (χ1n) is 19.0. The third-order valence-electron chi connectivity index (χ3n) is 11.9. The molecule has 0 spiro atoms. The van der Waals surface area contributed by atoms with Gasteiger partial charge in [-0.3, -0.25) is 0 Å². The number of hydrogen-bond acceptors (Lipinski definition) is 0. The molecule has 2 aliphatic rings. The predicted octanol–water partition coefficient (Wildman–Crippen LogP) is 14.2. The number of benzene rings is 9. The van der Waals surface area contributed by atoms with E-state index in [1.54, 1.807) is 0 Å². The molecule has 11 rings (SSSR count). The van der Waals surface area contributed by atoms with Crippen LogP contribution in [-0.2, 0) is 0 Å². The van der Waals surface area contributed by atoms with Crippen LogP contribution in [0, 0.1) is 0 Å². The molecule has 0 atom stereocenters. The number of rotatable bonds is 5. The first kappa shape index (κ1) is 30.8. The van der Waals surface area contributed by atoms with Gasteiger partial charge < -0.3 is 0 Å². The Hall–Kier alpha value is -6.76. The lowest BCUT2D eigenvalue weighted by Crippen LogP contribution is -1.99. The predicted molar refractivity (Wildman–Crippen MR) is 226 cm³/mol. The SMILES string of the molecule is c1ccc2c(c1)-c1ccccc1C2c1ccc(-c2ccc(-c3ccc(C4c5ccccc5-c5ccccc54)cc3)c(-c3ccc4ccccc4c3)c2)cc1. The Balaban J connectivity index is 0.989. The molecular weight excluding hydrogens is 649 g/mol. The van der Waals surface area contributed by atoms with Gasteiger partial charge in [-0.05, 0) is 112 Å². The van der Waals surface area contributed by atoms with E-state index >= 15 is 0 Å². The van der Waals surface area contributed by atoms with Gasteiger partial charge in [-0.15, -0.1) is 0 Å². The van der Waals surface area contributed by atoms with Crippen LogP contribution in [0.15, 0.2) is 206 Å². The smallest absolute Gasteiger partial charge is 0.0352 e. The number of hydrogen-bond donors (Lipinski definition) is 0. The van der Waals surface area contributed by atoms with E-state index in [1.807, 2.05) is 0 Å². The summed E-state index contributed by atoms with van der Waals surface area (Å²) in [5.41, 5.74) is 21.0. The van der Waals surface area contributed by atoms with Crippen molar-refractivity contribution in [2.24, 2.45) is 0 Å². The second-order valence-electron chi connectivity index (χ2n) is 14.8. The van der Waals surface area contributed by atoms with Gasteiger partial charge in [0.25, 0.3) is 0 Å². The van der Waals surface area contributed by atoms with Crippen LogP contribution in [0.25, 0.3) is 66.4 Å². The quantitative estimate of drug-likeness (QED) is 0.169. The van der Waals surface area contributed by atoms with Crippen LogP contribution in [0.3, 0.4) is 0 Å². The zero-order valence-electron chi connectivity index (χ0n) is 29.8. The second kappa shape index (κ2) is 12.4. The van der Waals surface area contributed by atoms with Gasteiger partial charge in [-0.25, -0.2) is 0 Å². The Morgan fingerprint density at radius 2 is 0.630 bits per heavy atom. The Bertz CT molecular complexity index is 2780. The van der Waals surface area contributed by atoms with E-state index in [4.69, 9.17) is 0 Å². The highest BCUT2D eigenvalue weighted by molar-refractivity contribution is 5.93. The van der Waals surface area contributed by atoms with E-state index in [9.17, 15) is 0 Å². The molecule has 54 heavy (non-hydrogen) atoms. The van der Waals surface area contributed by atoms with Crippen LogP contribution >= 0.6 is 0 Å². The monoisotopic (exact) mass is 684 g/mol. The zero-order chi connectivity index (χ0) is 35.6. The lowest BCUT2D eigenvalue weighted by Gasteiger charge is -2.17. The summed E-state index contributed by atoms with van der Waals surface area (Å²) in [6.07, 6.45) is 0. The highest BCUT2D eigenvalue weighted by Gasteiger charge is 2.30. The highest BCUT2D eigenvalue weighted by atomic mass is 14.3. The maximum atomic E-state index is 2.39. The summed E-state index contributed by atoms with van der Waals surface area (Å²) in [7, 11) is 0. The summed E-state index contributed by atoms with van der Waals surface area (Å²) in [6.45, 7) is 0. The van der Waals surface area contributed by atoms with Crippen molar-refractivity contribution in [3.05, 3.63) is 240 Å². The minimum atomic E-state index is 0.239. The van der Waals surface area contributed by atoms with Crippen LogP contribution in [0.4, 0.5) is 0 Å².